The van der Waals surface area contributed by atoms with Gasteiger partial charge in [0.1, 0.15) is 6.04 Å². The summed E-state index contributed by atoms with van der Waals surface area (Å²) < 4.78 is 5.18. The van der Waals surface area contributed by atoms with Gasteiger partial charge in [0.15, 0.2) is 0 Å². The Hall–Kier alpha value is -0.570. The first-order chi connectivity index (χ1) is 6.36. The lowest BCUT2D eigenvalue weighted by Crippen LogP contribution is -2.32. The van der Waals surface area contributed by atoms with Gasteiger partial charge in [-0.05, 0) is 31.7 Å². The molecule has 1 atom stereocenters. The first-order valence-electron chi connectivity index (χ1n) is 5.26. The molecule has 0 unspecified atom stereocenters. The van der Waals surface area contributed by atoms with E-state index in [1.54, 1.807) is 0 Å². The van der Waals surface area contributed by atoms with Crippen molar-refractivity contribution in [2.45, 2.75) is 38.1 Å². The first-order valence-corrected chi connectivity index (χ1v) is 5.26. The molecular formula is C10H17NO2. The second-order valence-corrected chi connectivity index (χ2v) is 4.05. The van der Waals surface area contributed by atoms with E-state index in [1.807, 2.05) is 0 Å². The summed E-state index contributed by atoms with van der Waals surface area (Å²) in [4.78, 5) is 11.4. The largest absolute Gasteiger partial charge is 0.465 e. The van der Waals surface area contributed by atoms with Crippen molar-refractivity contribution in [3.8, 4) is 0 Å². The van der Waals surface area contributed by atoms with Gasteiger partial charge in [0.2, 0.25) is 0 Å². The molecule has 3 heteroatoms. The zero-order valence-electron chi connectivity index (χ0n) is 7.92. The molecule has 2 fully saturated rings. The Bertz CT molecular complexity index is 183. The van der Waals surface area contributed by atoms with E-state index < -0.39 is 0 Å². The van der Waals surface area contributed by atoms with Crippen molar-refractivity contribution in [2.75, 3.05) is 13.2 Å². The number of ether oxygens (including phenoxy) is 1. The maximum atomic E-state index is 11.4. The number of carbonyl (C=O) groups is 1. The molecule has 0 aromatic carbocycles. The summed E-state index contributed by atoms with van der Waals surface area (Å²) in [5.41, 5.74) is 0. The number of hydrogen-bond donors (Lipinski definition) is 1. The molecule has 0 spiro atoms. The van der Waals surface area contributed by atoms with Gasteiger partial charge in [-0.3, -0.25) is 4.79 Å². The number of nitrogens with one attached hydrogen (secondary N) is 1. The Balaban J connectivity index is 1.59. The van der Waals surface area contributed by atoms with Crippen LogP contribution in [0.4, 0.5) is 0 Å². The second kappa shape index (κ2) is 4.09. The van der Waals surface area contributed by atoms with Gasteiger partial charge < -0.3 is 10.1 Å². The van der Waals surface area contributed by atoms with Gasteiger partial charge in [0.05, 0.1) is 6.61 Å². The predicted molar refractivity (Wildman–Crippen MR) is 49.3 cm³/mol. The predicted octanol–water partition coefficient (Wildman–Crippen LogP) is 1.08. The van der Waals surface area contributed by atoms with Crippen LogP contribution in [0.1, 0.15) is 32.1 Å². The first kappa shape index (κ1) is 9.00. The standard InChI is InChI=1S/C10H17NO2/c12-10(9-2-1-6-11-9)13-7-5-8-3-4-8/h8-9,11H,1-7H2/t9-/m1/s1. The Morgan fingerprint density at radius 3 is 2.85 bits per heavy atom. The van der Waals surface area contributed by atoms with Gasteiger partial charge in [0, 0.05) is 0 Å². The molecule has 1 saturated carbocycles. The summed E-state index contributed by atoms with van der Waals surface area (Å²) in [6, 6.07) is -0.0146. The van der Waals surface area contributed by atoms with Crippen LogP contribution in [0.25, 0.3) is 0 Å². The molecule has 0 aromatic heterocycles. The third-order valence-corrected chi connectivity index (χ3v) is 2.81. The van der Waals surface area contributed by atoms with Gasteiger partial charge in [-0.25, -0.2) is 0 Å². The van der Waals surface area contributed by atoms with Gasteiger partial charge >= 0.3 is 5.97 Å². The number of carbonyl (C=O) groups excluding carboxylic acids is 1. The van der Waals surface area contributed by atoms with E-state index in [1.165, 1.54) is 12.8 Å². The summed E-state index contributed by atoms with van der Waals surface area (Å²) in [7, 11) is 0. The number of rotatable bonds is 4. The summed E-state index contributed by atoms with van der Waals surface area (Å²) in [5.74, 6) is 0.808. The highest BCUT2D eigenvalue weighted by Crippen LogP contribution is 2.32. The molecular weight excluding hydrogens is 166 g/mol. The van der Waals surface area contributed by atoms with Crippen LogP contribution in [0.15, 0.2) is 0 Å². The minimum Gasteiger partial charge on any atom is -0.465 e. The van der Waals surface area contributed by atoms with Crippen molar-refractivity contribution in [1.29, 1.82) is 0 Å². The van der Waals surface area contributed by atoms with Crippen molar-refractivity contribution in [3.05, 3.63) is 0 Å². The minimum absolute atomic E-state index is 0.0146. The fraction of sp³-hybridized carbons (Fsp3) is 0.900. The Morgan fingerprint density at radius 2 is 2.23 bits per heavy atom. The molecule has 0 amide bonds. The topological polar surface area (TPSA) is 38.3 Å². The van der Waals surface area contributed by atoms with Crippen molar-refractivity contribution < 1.29 is 9.53 Å². The second-order valence-electron chi connectivity index (χ2n) is 4.05. The van der Waals surface area contributed by atoms with Crippen LogP contribution in [-0.4, -0.2) is 25.2 Å². The molecule has 13 heavy (non-hydrogen) atoms. The molecule has 1 N–H and O–H groups in total. The minimum atomic E-state index is -0.0434. The molecule has 1 aliphatic carbocycles. The molecule has 1 heterocycles. The highest BCUT2D eigenvalue weighted by Gasteiger charge is 2.25. The molecule has 0 radical (unpaired) electrons. The molecule has 3 nitrogen and oxygen atoms in total. The molecule has 0 aromatic rings. The van der Waals surface area contributed by atoms with Crippen LogP contribution >= 0.6 is 0 Å². The Kier molecular flexibility index (Phi) is 2.83. The van der Waals surface area contributed by atoms with Crippen LogP contribution in [0.5, 0.6) is 0 Å². The Labute approximate surface area is 78.8 Å². The molecule has 1 aliphatic heterocycles. The fourth-order valence-electron chi connectivity index (χ4n) is 1.72. The Morgan fingerprint density at radius 1 is 1.38 bits per heavy atom. The molecule has 2 aliphatic rings. The van der Waals surface area contributed by atoms with Gasteiger partial charge in [0.25, 0.3) is 0 Å². The van der Waals surface area contributed by atoms with E-state index in [0.29, 0.717) is 6.61 Å². The number of esters is 1. The van der Waals surface area contributed by atoms with Crippen molar-refractivity contribution in [3.63, 3.8) is 0 Å². The van der Waals surface area contributed by atoms with E-state index in [-0.39, 0.29) is 12.0 Å². The molecule has 74 valence electrons. The fourth-order valence-corrected chi connectivity index (χ4v) is 1.72. The normalized spacial score (nSPS) is 27.5. The maximum Gasteiger partial charge on any atom is 0.323 e. The summed E-state index contributed by atoms with van der Waals surface area (Å²) in [5, 5.41) is 3.14. The zero-order chi connectivity index (χ0) is 9.10. The van der Waals surface area contributed by atoms with E-state index in [0.717, 1.165) is 31.7 Å². The zero-order valence-corrected chi connectivity index (χ0v) is 7.92. The maximum absolute atomic E-state index is 11.4. The lowest BCUT2D eigenvalue weighted by Gasteiger charge is -2.09. The SMILES string of the molecule is O=C(OCCC1CC1)[C@H]1CCCN1. The third-order valence-electron chi connectivity index (χ3n) is 2.81. The van der Waals surface area contributed by atoms with Crippen molar-refractivity contribution in [2.24, 2.45) is 5.92 Å². The van der Waals surface area contributed by atoms with Crippen LogP contribution in [0, 0.1) is 5.92 Å². The van der Waals surface area contributed by atoms with Crippen molar-refractivity contribution in [1.82, 2.24) is 5.32 Å². The van der Waals surface area contributed by atoms with E-state index in [2.05, 4.69) is 5.32 Å². The highest BCUT2D eigenvalue weighted by molar-refractivity contribution is 5.76. The average Bonchev–Trinajstić information content (AvgIpc) is 2.80. The summed E-state index contributed by atoms with van der Waals surface area (Å²) in [6.07, 6.45) is 5.78. The molecule has 2 rings (SSSR count). The van der Waals surface area contributed by atoms with Crippen molar-refractivity contribution >= 4 is 5.97 Å². The number of hydrogen-bond acceptors (Lipinski definition) is 3. The van der Waals surface area contributed by atoms with E-state index in [9.17, 15) is 4.79 Å². The van der Waals surface area contributed by atoms with Crippen LogP contribution < -0.4 is 5.32 Å². The summed E-state index contributed by atoms with van der Waals surface area (Å²) in [6.45, 7) is 1.59. The smallest absolute Gasteiger partial charge is 0.323 e. The monoisotopic (exact) mass is 183 g/mol. The van der Waals surface area contributed by atoms with E-state index >= 15 is 0 Å². The molecule has 1 saturated heterocycles. The lowest BCUT2D eigenvalue weighted by molar-refractivity contribution is -0.145. The average molecular weight is 183 g/mol. The lowest BCUT2D eigenvalue weighted by atomic mass is 10.2. The highest BCUT2D eigenvalue weighted by atomic mass is 16.5. The van der Waals surface area contributed by atoms with Crippen LogP contribution in [-0.2, 0) is 9.53 Å². The van der Waals surface area contributed by atoms with E-state index in [4.69, 9.17) is 4.74 Å². The third kappa shape index (κ3) is 2.69. The van der Waals surface area contributed by atoms with Gasteiger partial charge in [-0.2, -0.15) is 0 Å². The van der Waals surface area contributed by atoms with Crippen LogP contribution in [0.3, 0.4) is 0 Å². The van der Waals surface area contributed by atoms with Crippen LogP contribution in [0.2, 0.25) is 0 Å². The van der Waals surface area contributed by atoms with Gasteiger partial charge in [-0.15, -0.1) is 0 Å². The van der Waals surface area contributed by atoms with Gasteiger partial charge in [-0.1, -0.05) is 12.8 Å². The molecule has 0 bridgehead atoms. The summed E-state index contributed by atoms with van der Waals surface area (Å²) >= 11 is 0. The quantitative estimate of drug-likeness (QED) is 0.663.